The highest BCUT2D eigenvalue weighted by molar-refractivity contribution is 9.10. The molecule has 0 radical (unpaired) electrons. The molecule has 0 aliphatic carbocycles. The molecule has 0 aliphatic heterocycles. The fraction of sp³-hybridized carbons (Fsp3) is 0. The van der Waals surface area contributed by atoms with E-state index in [1.165, 1.54) is 12.1 Å². The van der Waals surface area contributed by atoms with Gasteiger partial charge < -0.3 is 5.73 Å². The number of nitrogen functional groups attached to an aromatic ring is 1. The van der Waals surface area contributed by atoms with Crippen LogP contribution >= 0.6 is 27.5 Å². The van der Waals surface area contributed by atoms with Gasteiger partial charge in [-0.25, -0.2) is 8.78 Å². The predicted octanol–water partition coefficient (Wildman–Crippen LogP) is 4.19. The van der Waals surface area contributed by atoms with E-state index in [0.29, 0.717) is 0 Å². The van der Waals surface area contributed by atoms with E-state index in [1.807, 2.05) is 0 Å². The smallest absolute Gasteiger partial charge is 0.199 e. The largest absolute Gasteiger partial charge is 0.398 e. The number of halogens is 4. The standard InChI is InChI=1S/C13H7BrClF2NO/c14-7-5-9(16)6(4-10(7)17)13(19)12-8(15)2-1-3-11(12)18/h1-5H,18H2. The highest BCUT2D eigenvalue weighted by atomic mass is 79.9. The molecule has 19 heavy (non-hydrogen) atoms. The van der Waals surface area contributed by atoms with E-state index >= 15 is 0 Å². The molecule has 2 aromatic carbocycles. The molecule has 0 atom stereocenters. The van der Waals surface area contributed by atoms with Crippen LogP contribution in [0.4, 0.5) is 14.5 Å². The molecular weight excluding hydrogens is 340 g/mol. The van der Waals surface area contributed by atoms with Crippen LogP contribution in [0.15, 0.2) is 34.8 Å². The van der Waals surface area contributed by atoms with Crippen LogP contribution in [0.2, 0.25) is 5.02 Å². The van der Waals surface area contributed by atoms with E-state index in [-0.39, 0.29) is 20.7 Å². The molecular formula is C13H7BrClF2NO. The highest BCUT2D eigenvalue weighted by Gasteiger charge is 2.21. The topological polar surface area (TPSA) is 43.1 Å². The average molecular weight is 347 g/mol. The van der Waals surface area contributed by atoms with Crippen LogP contribution in [-0.2, 0) is 0 Å². The van der Waals surface area contributed by atoms with Crippen molar-refractivity contribution in [2.24, 2.45) is 0 Å². The van der Waals surface area contributed by atoms with Crippen molar-refractivity contribution >= 4 is 39.0 Å². The number of anilines is 1. The Labute approximate surface area is 121 Å². The lowest BCUT2D eigenvalue weighted by Crippen LogP contribution is -2.09. The van der Waals surface area contributed by atoms with Crippen molar-refractivity contribution in [2.75, 3.05) is 5.73 Å². The second-order valence-corrected chi connectivity index (χ2v) is 5.04. The Bertz CT molecular complexity index is 656. The number of nitrogens with two attached hydrogens (primary N) is 1. The van der Waals surface area contributed by atoms with Gasteiger partial charge in [0.1, 0.15) is 11.6 Å². The van der Waals surface area contributed by atoms with Gasteiger partial charge in [0.15, 0.2) is 5.78 Å². The Morgan fingerprint density at radius 3 is 2.53 bits per heavy atom. The lowest BCUT2D eigenvalue weighted by Gasteiger charge is -2.08. The number of carbonyl (C=O) groups excluding carboxylic acids is 1. The first-order valence-electron chi connectivity index (χ1n) is 5.15. The maximum absolute atomic E-state index is 13.7. The molecule has 0 saturated heterocycles. The molecule has 0 heterocycles. The Hall–Kier alpha value is -1.46. The number of ketones is 1. The van der Waals surface area contributed by atoms with E-state index in [9.17, 15) is 13.6 Å². The quantitative estimate of drug-likeness (QED) is 0.503. The normalized spacial score (nSPS) is 10.5. The van der Waals surface area contributed by atoms with Gasteiger partial charge >= 0.3 is 0 Å². The Balaban J connectivity index is 2.60. The third kappa shape index (κ3) is 2.62. The molecule has 2 N–H and O–H groups in total. The second-order valence-electron chi connectivity index (χ2n) is 3.78. The molecule has 0 aliphatic rings. The summed E-state index contributed by atoms with van der Waals surface area (Å²) >= 11 is 8.71. The summed E-state index contributed by atoms with van der Waals surface area (Å²) in [5.74, 6) is -2.35. The van der Waals surface area contributed by atoms with Gasteiger partial charge in [-0.3, -0.25) is 4.79 Å². The fourth-order valence-corrected chi connectivity index (χ4v) is 2.19. The van der Waals surface area contributed by atoms with E-state index in [0.717, 1.165) is 12.1 Å². The lowest BCUT2D eigenvalue weighted by atomic mass is 10.0. The van der Waals surface area contributed by atoms with Crippen LogP contribution in [0.25, 0.3) is 0 Å². The molecule has 2 nitrogen and oxygen atoms in total. The fourth-order valence-electron chi connectivity index (χ4n) is 1.61. The first-order chi connectivity index (χ1) is 8.91. The first kappa shape index (κ1) is 14.0. The van der Waals surface area contributed by atoms with Gasteiger partial charge in [0, 0.05) is 5.69 Å². The maximum Gasteiger partial charge on any atom is 0.199 e. The molecule has 0 spiro atoms. The number of benzene rings is 2. The van der Waals surface area contributed by atoms with E-state index < -0.39 is 23.0 Å². The Kier molecular flexibility index (Phi) is 3.87. The number of carbonyl (C=O) groups is 1. The van der Waals surface area contributed by atoms with Crippen LogP contribution in [0, 0.1) is 11.6 Å². The van der Waals surface area contributed by atoms with Crippen LogP contribution in [0.1, 0.15) is 15.9 Å². The molecule has 0 saturated carbocycles. The maximum atomic E-state index is 13.7. The zero-order valence-corrected chi connectivity index (χ0v) is 11.7. The zero-order valence-electron chi connectivity index (χ0n) is 9.38. The molecule has 0 aromatic heterocycles. The van der Waals surface area contributed by atoms with Crippen LogP contribution < -0.4 is 5.73 Å². The van der Waals surface area contributed by atoms with Gasteiger partial charge in [0.05, 0.1) is 20.6 Å². The molecule has 98 valence electrons. The minimum atomic E-state index is -0.849. The summed E-state index contributed by atoms with van der Waals surface area (Å²) in [5.41, 5.74) is 5.30. The van der Waals surface area contributed by atoms with E-state index in [2.05, 4.69) is 15.9 Å². The highest BCUT2D eigenvalue weighted by Crippen LogP contribution is 2.28. The summed E-state index contributed by atoms with van der Waals surface area (Å²) in [5, 5.41) is 0.0905. The molecule has 0 bridgehead atoms. The molecule has 6 heteroatoms. The minimum absolute atomic E-state index is 0.0372. The van der Waals surface area contributed by atoms with Crippen LogP contribution in [0.5, 0.6) is 0 Å². The summed E-state index contributed by atoms with van der Waals surface area (Å²) < 4.78 is 27.1. The molecule has 0 fully saturated rings. The van der Waals surface area contributed by atoms with Gasteiger partial charge in [-0.2, -0.15) is 0 Å². The van der Waals surface area contributed by atoms with E-state index in [1.54, 1.807) is 6.07 Å². The number of hydrogen-bond acceptors (Lipinski definition) is 2. The van der Waals surface area contributed by atoms with Gasteiger partial charge in [-0.15, -0.1) is 0 Å². The Morgan fingerprint density at radius 1 is 1.21 bits per heavy atom. The molecule has 0 amide bonds. The van der Waals surface area contributed by atoms with Crippen molar-refractivity contribution in [3.05, 3.63) is 62.6 Å². The minimum Gasteiger partial charge on any atom is -0.398 e. The van der Waals surface area contributed by atoms with Crippen molar-refractivity contribution in [1.29, 1.82) is 0 Å². The first-order valence-corrected chi connectivity index (χ1v) is 6.32. The predicted molar refractivity (Wildman–Crippen MR) is 73.4 cm³/mol. The van der Waals surface area contributed by atoms with Gasteiger partial charge in [0.25, 0.3) is 0 Å². The van der Waals surface area contributed by atoms with Crippen LogP contribution in [-0.4, -0.2) is 5.78 Å². The summed E-state index contributed by atoms with van der Waals surface area (Å²) in [6.45, 7) is 0. The number of hydrogen-bond donors (Lipinski definition) is 1. The zero-order chi connectivity index (χ0) is 14.2. The molecule has 0 unspecified atom stereocenters. The van der Waals surface area contributed by atoms with Crippen molar-refractivity contribution in [2.45, 2.75) is 0 Å². The number of rotatable bonds is 2. The summed E-state index contributed by atoms with van der Waals surface area (Å²) in [6.07, 6.45) is 0. The van der Waals surface area contributed by atoms with Crippen LogP contribution in [0.3, 0.4) is 0 Å². The monoisotopic (exact) mass is 345 g/mol. The van der Waals surface area contributed by atoms with Crippen molar-refractivity contribution in [3.8, 4) is 0 Å². The third-order valence-corrected chi connectivity index (χ3v) is 3.45. The SMILES string of the molecule is Nc1cccc(Cl)c1C(=O)c1cc(F)c(Br)cc1F. The summed E-state index contributed by atoms with van der Waals surface area (Å²) in [4.78, 5) is 12.2. The summed E-state index contributed by atoms with van der Waals surface area (Å²) in [6, 6.07) is 6.18. The Morgan fingerprint density at radius 2 is 1.89 bits per heavy atom. The third-order valence-electron chi connectivity index (χ3n) is 2.53. The van der Waals surface area contributed by atoms with Gasteiger partial charge in [-0.05, 0) is 40.2 Å². The van der Waals surface area contributed by atoms with Gasteiger partial charge in [0.2, 0.25) is 0 Å². The summed E-state index contributed by atoms with van der Waals surface area (Å²) in [7, 11) is 0. The average Bonchev–Trinajstić information content (AvgIpc) is 2.33. The van der Waals surface area contributed by atoms with Crippen molar-refractivity contribution < 1.29 is 13.6 Å². The van der Waals surface area contributed by atoms with E-state index in [4.69, 9.17) is 17.3 Å². The van der Waals surface area contributed by atoms with Gasteiger partial charge in [-0.1, -0.05) is 17.7 Å². The molecule has 2 aromatic rings. The molecule has 2 rings (SSSR count). The van der Waals surface area contributed by atoms with Crippen molar-refractivity contribution in [1.82, 2.24) is 0 Å². The lowest BCUT2D eigenvalue weighted by molar-refractivity contribution is 0.103. The second kappa shape index (κ2) is 5.27. The van der Waals surface area contributed by atoms with Crippen molar-refractivity contribution in [3.63, 3.8) is 0 Å².